The largest absolute Gasteiger partial charge is 0.481 e. The minimum absolute atomic E-state index is 0.0791. The maximum Gasteiger partial charge on any atom is 0.305 e. The molecule has 0 saturated heterocycles. The molecule has 0 unspecified atom stereocenters. The molecule has 0 aliphatic carbocycles. The highest BCUT2D eigenvalue weighted by Crippen LogP contribution is 2.18. The van der Waals surface area contributed by atoms with Crippen molar-refractivity contribution < 1.29 is 14.7 Å². The lowest BCUT2D eigenvalue weighted by molar-refractivity contribution is -0.136. The van der Waals surface area contributed by atoms with Gasteiger partial charge in [0.05, 0.1) is 6.42 Å². The first-order valence-electron chi connectivity index (χ1n) is 5.80. The van der Waals surface area contributed by atoms with E-state index < -0.39 is 11.9 Å². The number of nitrogens with zero attached hydrogens (tertiary/aromatic N) is 1. The van der Waals surface area contributed by atoms with Crippen molar-refractivity contribution in [3.63, 3.8) is 0 Å². The Bertz CT molecular complexity index is 426. The van der Waals surface area contributed by atoms with Crippen LogP contribution >= 0.6 is 0 Å². The molecule has 0 fully saturated rings. The SMILES string of the molecule is CC(C)N(CCC(=O)O)c1ccc(C(N)=O)cc1. The highest BCUT2D eigenvalue weighted by atomic mass is 16.4. The molecular formula is C13H18N2O3. The van der Waals surface area contributed by atoms with Crippen molar-refractivity contribution in [1.82, 2.24) is 0 Å². The summed E-state index contributed by atoms with van der Waals surface area (Å²) in [6.45, 7) is 4.41. The van der Waals surface area contributed by atoms with Crippen LogP contribution in [0.3, 0.4) is 0 Å². The van der Waals surface area contributed by atoms with Gasteiger partial charge in [-0.25, -0.2) is 0 Å². The third kappa shape index (κ3) is 3.76. The average molecular weight is 250 g/mol. The first-order valence-corrected chi connectivity index (χ1v) is 5.80. The van der Waals surface area contributed by atoms with Crippen molar-refractivity contribution in [2.45, 2.75) is 26.3 Å². The Hall–Kier alpha value is -2.04. The number of aliphatic carboxylic acids is 1. The Morgan fingerprint density at radius 1 is 1.28 bits per heavy atom. The molecule has 0 aliphatic heterocycles. The molecule has 1 aromatic rings. The molecule has 98 valence electrons. The second-order valence-corrected chi connectivity index (χ2v) is 4.34. The summed E-state index contributed by atoms with van der Waals surface area (Å²) in [5.74, 6) is -1.29. The fraction of sp³-hybridized carbons (Fsp3) is 0.385. The van der Waals surface area contributed by atoms with E-state index >= 15 is 0 Å². The van der Waals surface area contributed by atoms with Crippen LogP contribution in [0.1, 0.15) is 30.6 Å². The smallest absolute Gasteiger partial charge is 0.305 e. The second-order valence-electron chi connectivity index (χ2n) is 4.34. The van der Waals surface area contributed by atoms with Crippen molar-refractivity contribution in [2.75, 3.05) is 11.4 Å². The maximum absolute atomic E-state index is 11.0. The Kier molecular flexibility index (Phi) is 4.71. The van der Waals surface area contributed by atoms with Crippen molar-refractivity contribution in [1.29, 1.82) is 0 Å². The summed E-state index contributed by atoms with van der Waals surface area (Å²) >= 11 is 0. The monoisotopic (exact) mass is 250 g/mol. The number of carboxylic acid groups (broad SMARTS) is 1. The molecule has 1 aromatic carbocycles. The number of anilines is 1. The molecule has 1 amide bonds. The van der Waals surface area contributed by atoms with Gasteiger partial charge in [0.2, 0.25) is 5.91 Å². The molecule has 0 radical (unpaired) electrons. The van der Waals surface area contributed by atoms with E-state index in [1.807, 2.05) is 18.7 Å². The summed E-state index contributed by atoms with van der Waals surface area (Å²) < 4.78 is 0. The van der Waals surface area contributed by atoms with E-state index in [1.54, 1.807) is 24.3 Å². The van der Waals surface area contributed by atoms with Crippen LogP contribution in [0.4, 0.5) is 5.69 Å². The number of carbonyl (C=O) groups is 2. The standard InChI is InChI=1S/C13H18N2O3/c1-9(2)15(8-7-12(16)17)11-5-3-10(4-6-11)13(14)18/h3-6,9H,7-8H2,1-2H3,(H2,14,18)(H,16,17). The van der Waals surface area contributed by atoms with Gasteiger partial charge in [0, 0.05) is 23.8 Å². The number of nitrogens with two attached hydrogens (primary N) is 1. The highest BCUT2D eigenvalue weighted by Gasteiger charge is 2.12. The van der Waals surface area contributed by atoms with E-state index in [2.05, 4.69) is 0 Å². The summed E-state index contributed by atoms with van der Waals surface area (Å²) in [4.78, 5) is 23.5. The molecule has 0 heterocycles. The van der Waals surface area contributed by atoms with Crippen LogP contribution in [0.25, 0.3) is 0 Å². The molecule has 3 N–H and O–H groups in total. The van der Waals surface area contributed by atoms with Crippen LogP contribution in [0.15, 0.2) is 24.3 Å². The third-order valence-corrected chi connectivity index (χ3v) is 2.67. The van der Waals surface area contributed by atoms with Gasteiger partial charge in [0.1, 0.15) is 0 Å². The predicted octanol–water partition coefficient (Wildman–Crippen LogP) is 1.47. The highest BCUT2D eigenvalue weighted by molar-refractivity contribution is 5.93. The van der Waals surface area contributed by atoms with Crippen molar-refractivity contribution in [3.8, 4) is 0 Å². The van der Waals surface area contributed by atoms with Gasteiger partial charge < -0.3 is 15.7 Å². The third-order valence-electron chi connectivity index (χ3n) is 2.67. The van der Waals surface area contributed by atoms with Gasteiger partial charge in [-0.3, -0.25) is 9.59 Å². The summed E-state index contributed by atoms with van der Waals surface area (Å²) in [5.41, 5.74) is 6.50. The number of rotatable bonds is 6. The van der Waals surface area contributed by atoms with Gasteiger partial charge in [-0.1, -0.05) is 0 Å². The van der Waals surface area contributed by atoms with Gasteiger partial charge in [0.25, 0.3) is 0 Å². The number of benzene rings is 1. The molecule has 1 rings (SSSR count). The van der Waals surface area contributed by atoms with Gasteiger partial charge in [-0.05, 0) is 38.1 Å². The van der Waals surface area contributed by atoms with Crippen LogP contribution in [0.5, 0.6) is 0 Å². The summed E-state index contributed by atoms with van der Waals surface area (Å²) in [5, 5.41) is 8.72. The van der Waals surface area contributed by atoms with E-state index in [4.69, 9.17) is 10.8 Å². The molecule has 0 aliphatic rings. The fourth-order valence-corrected chi connectivity index (χ4v) is 1.72. The molecular weight excluding hydrogens is 232 g/mol. The molecule has 0 aromatic heterocycles. The van der Waals surface area contributed by atoms with E-state index in [0.29, 0.717) is 12.1 Å². The second kappa shape index (κ2) is 6.05. The topological polar surface area (TPSA) is 83.6 Å². The summed E-state index contributed by atoms with van der Waals surface area (Å²) in [6.07, 6.45) is 0.0791. The minimum Gasteiger partial charge on any atom is -0.481 e. The minimum atomic E-state index is -0.825. The lowest BCUT2D eigenvalue weighted by atomic mass is 10.1. The van der Waals surface area contributed by atoms with E-state index in [-0.39, 0.29) is 12.5 Å². The molecule has 18 heavy (non-hydrogen) atoms. The fourth-order valence-electron chi connectivity index (χ4n) is 1.72. The first-order chi connectivity index (χ1) is 8.41. The van der Waals surface area contributed by atoms with E-state index in [0.717, 1.165) is 5.69 Å². The lowest BCUT2D eigenvalue weighted by Gasteiger charge is -2.28. The molecule has 0 bridgehead atoms. The zero-order valence-corrected chi connectivity index (χ0v) is 10.6. The number of primary amides is 1. The lowest BCUT2D eigenvalue weighted by Crippen LogP contribution is -2.32. The molecule has 5 nitrogen and oxygen atoms in total. The average Bonchev–Trinajstić information content (AvgIpc) is 2.29. The first kappa shape index (κ1) is 14.0. The Morgan fingerprint density at radius 3 is 2.22 bits per heavy atom. The molecule has 0 atom stereocenters. The summed E-state index contributed by atoms with van der Waals surface area (Å²) in [6, 6.07) is 7.04. The van der Waals surface area contributed by atoms with Gasteiger partial charge in [-0.2, -0.15) is 0 Å². The molecule has 0 spiro atoms. The summed E-state index contributed by atoms with van der Waals surface area (Å²) in [7, 11) is 0. The van der Waals surface area contributed by atoms with Crippen LogP contribution in [0.2, 0.25) is 0 Å². The number of carboxylic acids is 1. The Balaban J connectivity index is 2.85. The van der Waals surface area contributed by atoms with Gasteiger partial charge in [0.15, 0.2) is 0 Å². The zero-order chi connectivity index (χ0) is 13.7. The number of carbonyl (C=O) groups excluding carboxylic acids is 1. The van der Waals surface area contributed by atoms with Crippen molar-refractivity contribution in [2.24, 2.45) is 5.73 Å². The maximum atomic E-state index is 11.0. The van der Waals surface area contributed by atoms with Crippen LogP contribution in [-0.2, 0) is 4.79 Å². The predicted molar refractivity (Wildman–Crippen MR) is 69.7 cm³/mol. The number of hydrogen-bond acceptors (Lipinski definition) is 3. The van der Waals surface area contributed by atoms with E-state index in [1.165, 1.54) is 0 Å². The molecule has 0 saturated carbocycles. The number of amides is 1. The van der Waals surface area contributed by atoms with Crippen LogP contribution in [0, 0.1) is 0 Å². The van der Waals surface area contributed by atoms with Crippen molar-refractivity contribution in [3.05, 3.63) is 29.8 Å². The van der Waals surface area contributed by atoms with Gasteiger partial charge in [-0.15, -0.1) is 0 Å². The quantitative estimate of drug-likeness (QED) is 0.801. The normalized spacial score (nSPS) is 10.4. The van der Waals surface area contributed by atoms with Crippen molar-refractivity contribution >= 4 is 17.6 Å². The van der Waals surface area contributed by atoms with Crippen LogP contribution in [-0.4, -0.2) is 29.6 Å². The van der Waals surface area contributed by atoms with Crippen LogP contribution < -0.4 is 10.6 Å². The Morgan fingerprint density at radius 2 is 1.83 bits per heavy atom. The Labute approximate surface area is 106 Å². The molecule has 5 heteroatoms. The number of hydrogen-bond donors (Lipinski definition) is 2. The van der Waals surface area contributed by atoms with Gasteiger partial charge >= 0.3 is 5.97 Å². The zero-order valence-electron chi connectivity index (χ0n) is 10.6. The van der Waals surface area contributed by atoms with E-state index in [9.17, 15) is 9.59 Å².